The molecule has 0 radical (unpaired) electrons. The molecule has 0 aliphatic heterocycles. The van der Waals surface area contributed by atoms with E-state index < -0.39 is 0 Å². The number of methoxy groups -OCH3 is 1. The molecule has 0 aromatic rings. The van der Waals surface area contributed by atoms with Gasteiger partial charge in [-0.3, -0.25) is 4.79 Å². The molecule has 0 saturated carbocycles. The lowest BCUT2D eigenvalue weighted by atomic mass is 10.2. The molecule has 0 rings (SSSR count). The van der Waals surface area contributed by atoms with Crippen LogP contribution in [-0.2, 0) is 14.3 Å². The van der Waals surface area contributed by atoms with E-state index in [4.69, 9.17) is 9.47 Å². The predicted molar refractivity (Wildman–Crippen MR) is 64.3 cm³/mol. The van der Waals surface area contributed by atoms with Crippen molar-refractivity contribution in [3.63, 3.8) is 0 Å². The highest BCUT2D eigenvalue weighted by atomic mass is 32.2. The van der Waals surface area contributed by atoms with E-state index in [9.17, 15) is 4.79 Å². The van der Waals surface area contributed by atoms with Crippen LogP contribution in [0, 0.1) is 0 Å². The molecule has 1 unspecified atom stereocenters. The lowest BCUT2D eigenvalue weighted by Crippen LogP contribution is -2.20. The number of esters is 1. The van der Waals surface area contributed by atoms with Gasteiger partial charge in [-0.2, -0.15) is 11.8 Å². The van der Waals surface area contributed by atoms with Crippen LogP contribution in [0.25, 0.3) is 0 Å². The highest BCUT2D eigenvalue weighted by Crippen LogP contribution is 2.16. The average Bonchev–Trinajstić information content (AvgIpc) is 2.25. The van der Waals surface area contributed by atoms with Crippen molar-refractivity contribution < 1.29 is 14.3 Å². The molecule has 15 heavy (non-hydrogen) atoms. The molecule has 90 valence electrons. The Hall–Kier alpha value is -0.220. The van der Waals surface area contributed by atoms with Gasteiger partial charge in [-0.1, -0.05) is 19.8 Å². The molecule has 0 aliphatic carbocycles. The van der Waals surface area contributed by atoms with Crippen molar-refractivity contribution in [1.29, 1.82) is 0 Å². The molecule has 0 bridgehead atoms. The molecule has 0 spiro atoms. The van der Waals surface area contributed by atoms with Gasteiger partial charge >= 0.3 is 5.97 Å². The second-order valence-electron chi connectivity index (χ2n) is 3.38. The van der Waals surface area contributed by atoms with Gasteiger partial charge in [0.2, 0.25) is 0 Å². The lowest BCUT2D eigenvalue weighted by molar-refractivity contribution is -0.143. The summed E-state index contributed by atoms with van der Waals surface area (Å²) in [7, 11) is 1.65. The van der Waals surface area contributed by atoms with E-state index in [0.29, 0.717) is 13.2 Å². The van der Waals surface area contributed by atoms with Crippen molar-refractivity contribution in [3.8, 4) is 0 Å². The van der Waals surface area contributed by atoms with Gasteiger partial charge in [-0.15, -0.1) is 0 Å². The number of thioether (sulfide) groups is 1. The van der Waals surface area contributed by atoms with Crippen LogP contribution in [0.15, 0.2) is 0 Å². The van der Waals surface area contributed by atoms with Crippen LogP contribution >= 0.6 is 11.8 Å². The number of unbranched alkanes of at least 4 members (excludes halogenated alkanes) is 1. The summed E-state index contributed by atoms with van der Waals surface area (Å²) in [5, 5.41) is 0.00694. The first kappa shape index (κ1) is 14.8. The van der Waals surface area contributed by atoms with E-state index in [1.165, 1.54) is 0 Å². The third kappa shape index (κ3) is 7.68. The molecule has 0 fully saturated rings. The Morgan fingerprint density at radius 3 is 2.60 bits per heavy atom. The van der Waals surface area contributed by atoms with Crippen molar-refractivity contribution in [2.45, 2.75) is 37.9 Å². The number of ether oxygens (including phenoxy) is 2. The minimum atomic E-state index is -0.0768. The molecule has 0 aromatic carbocycles. The zero-order valence-corrected chi connectivity index (χ0v) is 10.8. The summed E-state index contributed by atoms with van der Waals surface area (Å²) in [4.78, 5) is 11.6. The van der Waals surface area contributed by atoms with Crippen molar-refractivity contribution >= 4 is 17.7 Å². The van der Waals surface area contributed by atoms with Crippen LogP contribution in [0.3, 0.4) is 0 Å². The second-order valence-corrected chi connectivity index (χ2v) is 4.42. The molecular weight excluding hydrogens is 212 g/mol. The minimum absolute atomic E-state index is 0.00694. The Morgan fingerprint density at radius 2 is 2.07 bits per heavy atom. The van der Waals surface area contributed by atoms with E-state index in [-0.39, 0.29) is 11.2 Å². The maximum Gasteiger partial charge on any atom is 0.319 e. The first-order valence-electron chi connectivity index (χ1n) is 5.44. The number of rotatable bonds is 9. The molecule has 0 aliphatic rings. The SMILES string of the molecule is CCCCC(SC)C(=O)OCCCOC. The summed E-state index contributed by atoms with van der Waals surface area (Å²) in [6.07, 6.45) is 5.85. The third-order valence-corrected chi connectivity index (χ3v) is 3.10. The van der Waals surface area contributed by atoms with E-state index in [0.717, 1.165) is 25.7 Å². The smallest absolute Gasteiger partial charge is 0.319 e. The van der Waals surface area contributed by atoms with Gasteiger partial charge in [0.05, 0.1) is 6.61 Å². The Balaban J connectivity index is 3.63. The number of carbonyl (C=O) groups is 1. The molecule has 1 atom stereocenters. The summed E-state index contributed by atoms with van der Waals surface area (Å²) in [5.74, 6) is -0.0768. The number of hydrogen-bond acceptors (Lipinski definition) is 4. The largest absolute Gasteiger partial charge is 0.465 e. The fourth-order valence-corrected chi connectivity index (χ4v) is 1.85. The average molecular weight is 234 g/mol. The minimum Gasteiger partial charge on any atom is -0.465 e. The molecule has 0 N–H and O–H groups in total. The summed E-state index contributed by atoms with van der Waals surface area (Å²) in [5.41, 5.74) is 0. The zero-order valence-electron chi connectivity index (χ0n) is 9.95. The molecular formula is C11H22O3S. The van der Waals surface area contributed by atoms with Crippen molar-refractivity contribution in [2.75, 3.05) is 26.6 Å². The molecule has 3 nitrogen and oxygen atoms in total. The van der Waals surface area contributed by atoms with Gasteiger partial charge in [-0.25, -0.2) is 0 Å². The lowest BCUT2D eigenvalue weighted by Gasteiger charge is -2.12. The molecule has 0 amide bonds. The van der Waals surface area contributed by atoms with Gasteiger partial charge < -0.3 is 9.47 Å². The first-order chi connectivity index (χ1) is 7.26. The van der Waals surface area contributed by atoms with Crippen molar-refractivity contribution in [3.05, 3.63) is 0 Å². The third-order valence-electron chi connectivity index (χ3n) is 2.10. The summed E-state index contributed by atoms with van der Waals surface area (Å²) in [6, 6.07) is 0. The molecule has 0 heterocycles. The van der Waals surface area contributed by atoms with Crippen LogP contribution in [0.1, 0.15) is 32.6 Å². The zero-order chi connectivity index (χ0) is 11.5. The fourth-order valence-electron chi connectivity index (χ4n) is 1.19. The van der Waals surface area contributed by atoms with Crippen molar-refractivity contribution in [1.82, 2.24) is 0 Å². The maximum absolute atomic E-state index is 11.6. The highest BCUT2D eigenvalue weighted by molar-refractivity contribution is 7.99. The van der Waals surface area contributed by atoms with E-state index in [1.54, 1.807) is 18.9 Å². The first-order valence-corrected chi connectivity index (χ1v) is 6.73. The molecule has 4 heteroatoms. The van der Waals surface area contributed by atoms with Gasteiger partial charge in [0.1, 0.15) is 5.25 Å². The fraction of sp³-hybridized carbons (Fsp3) is 0.909. The van der Waals surface area contributed by atoms with Crippen LogP contribution in [0.5, 0.6) is 0 Å². The van der Waals surface area contributed by atoms with E-state index in [2.05, 4.69) is 6.92 Å². The molecule has 0 saturated heterocycles. The predicted octanol–water partition coefficient (Wildman–Crippen LogP) is 2.49. The Morgan fingerprint density at radius 1 is 1.33 bits per heavy atom. The van der Waals surface area contributed by atoms with Gasteiger partial charge in [0.15, 0.2) is 0 Å². The number of hydrogen-bond donors (Lipinski definition) is 0. The quantitative estimate of drug-likeness (QED) is 0.453. The van der Waals surface area contributed by atoms with Crippen LogP contribution in [0.4, 0.5) is 0 Å². The van der Waals surface area contributed by atoms with Crippen LogP contribution < -0.4 is 0 Å². The van der Waals surface area contributed by atoms with Crippen LogP contribution in [0.2, 0.25) is 0 Å². The Labute approximate surface area is 96.9 Å². The number of carbonyl (C=O) groups excluding carboxylic acids is 1. The monoisotopic (exact) mass is 234 g/mol. The van der Waals surface area contributed by atoms with E-state index in [1.807, 2.05) is 6.26 Å². The Bertz CT molecular complexity index is 162. The van der Waals surface area contributed by atoms with Crippen LogP contribution in [-0.4, -0.2) is 37.8 Å². The highest BCUT2D eigenvalue weighted by Gasteiger charge is 2.17. The Kier molecular flexibility index (Phi) is 10.2. The van der Waals surface area contributed by atoms with Gasteiger partial charge in [0.25, 0.3) is 0 Å². The summed E-state index contributed by atoms with van der Waals surface area (Å²) in [6.45, 7) is 3.24. The van der Waals surface area contributed by atoms with E-state index >= 15 is 0 Å². The van der Waals surface area contributed by atoms with Crippen molar-refractivity contribution in [2.24, 2.45) is 0 Å². The maximum atomic E-state index is 11.6. The standard InChI is InChI=1S/C11H22O3S/c1-4-5-7-10(15-3)11(12)14-9-6-8-13-2/h10H,4-9H2,1-3H3. The summed E-state index contributed by atoms with van der Waals surface area (Å²) < 4.78 is 10.0. The molecule has 0 aromatic heterocycles. The summed E-state index contributed by atoms with van der Waals surface area (Å²) >= 11 is 1.58. The van der Waals surface area contributed by atoms with Gasteiger partial charge in [-0.05, 0) is 12.7 Å². The second kappa shape index (κ2) is 10.3. The topological polar surface area (TPSA) is 35.5 Å². The normalized spacial score (nSPS) is 12.5. The van der Waals surface area contributed by atoms with Gasteiger partial charge in [0, 0.05) is 20.1 Å².